The van der Waals surface area contributed by atoms with Gasteiger partial charge in [0.25, 0.3) is 5.91 Å². The largest absolute Gasteiger partial charge is 0.352 e. The number of benzene rings is 1. The number of hydrogen-bond donors (Lipinski definition) is 2. The van der Waals surface area contributed by atoms with Crippen molar-refractivity contribution in [3.63, 3.8) is 0 Å². The van der Waals surface area contributed by atoms with Crippen LogP contribution < -0.4 is 10.6 Å². The molecule has 0 aliphatic carbocycles. The van der Waals surface area contributed by atoms with Crippen LogP contribution in [0.25, 0.3) is 0 Å². The topological polar surface area (TPSA) is 78.5 Å². The molecule has 2 N–H and O–H groups in total. The lowest BCUT2D eigenvalue weighted by molar-refractivity contribution is -0.135. The molecule has 0 unspecified atom stereocenters. The minimum absolute atomic E-state index is 0.0216. The summed E-state index contributed by atoms with van der Waals surface area (Å²) < 4.78 is 0. The molecule has 1 heterocycles. The van der Waals surface area contributed by atoms with Crippen LogP contribution in [0.5, 0.6) is 0 Å². The van der Waals surface area contributed by atoms with Crippen LogP contribution in [0.4, 0.5) is 4.79 Å². The number of hydrogen-bond acceptors (Lipinski definition) is 3. The van der Waals surface area contributed by atoms with Crippen LogP contribution in [0.3, 0.4) is 0 Å². The van der Waals surface area contributed by atoms with Crippen LogP contribution in [-0.2, 0) is 15.1 Å². The predicted molar refractivity (Wildman–Crippen MR) is 91.2 cm³/mol. The minimum Gasteiger partial charge on any atom is -0.352 e. The summed E-state index contributed by atoms with van der Waals surface area (Å²) in [6.45, 7) is 5.54. The maximum atomic E-state index is 12.9. The number of imide groups is 1. The zero-order valence-electron chi connectivity index (χ0n) is 14.5. The van der Waals surface area contributed by atoms with Crippen molar-refractivity contribution in [2.24, 2.45) is 0 Å². The molecule has 0 radical (unpaired) electrons. The Bertz CT molecular complexity index is 617. The van der Waals surface area contributed by atoms with Crippen molar-refractivity contribution in [3.05, 3.63) is 35.9 Å². The Balaban J connectivity index is 2.15. The number of rotatable bonds is 7. The van der Waals surface area contributed by atoms with E-state index in [4.69, 9.17) is 0 Å². The Morgan fingerprint density at radius 3 is 2.50 bits per heavy atom. The fourth-order valence-electron chi connectivity index (χ4n) is 3.10. The van der Waals surface area contributed by atoms with Gasteiger partial charge in [0.2, 0.25) is 5.91 Å². The van der Waals surface area contributed by atoms with Crippen molar-refractivity contribution in [3.8, 4) is 0 Å². The summed E-state index contributed by atoms with van der Waals surface area (Å²) in [6, 6.07) is 8.64. The van der Waals surface area contributed by atoms with E-state index >= 15 is 0 Å². The second kappa shape index (κ2) is 7.47. The molecule has 1 aromatic rings. The predicted octanol–water partition coefficient (Wildman–Crippen LogP) is 2.15. The average Bonchev–Trinajstić information content (AvgIpc) is 2.81. The zero-order valence-corrected chi connectivity index (χ0v) is 14.5. The van der Waals surface area contributed by atoms with Gasteiger partial charge in [0.15, 0.2) is 0 Å². The molecule has 1 aromatic carbocycles. The molecule has 0 saturated carbocycles. The third-order valence-electron chi connectivity index (χ3n) is 4.40. The fraction of sp³-hybridized carbons (Fsp3) is 0.500. The third kappa shape index (κ3) is 3.42. The zero-order chi connectivity index (χ0) is 17.7. The lowest BCUT2D eigenvalue weighted by Crippen LogP contribution is -2.45. The maximum absolute atomic E-state index is 12.9. The average molecular weight is 331 g/mol. The second-order valence-corrected chi connectivity index (χ2v) is 6.20. The van der Waals surface area contributed by atoms with E-state index in [1.54, 1.807) is 0 Å². The number of urea groups is 1. The molecule has 1 saturated heterocycles. The third-order valence-corrected chi connectivity index (χ3v) is 4.40. The van der Waals surface area contributed by atoms with Gasteiger partial charge in [-0.1, -0.05) is 50.6 Å². The molecule has 130 valence electrons. The molecule has 1 fully saturated rings. The summed E-state index contributed by atoms with van der Waals surface area (Å²) in [7, 11) is 0. The van der Waals surface area contributed by atoms with Gasteiger partial charge in [0.1, 0.15) is 12.1 Å². The van der Waals surface area contributed by atoms with Crippen molar-refractivity contribution < 1.29 is 14.4 Å². The maximum Gasteiger partial charge on any atom is 0.325 e. The Kier molecular flexibility index (Phi) is 5.59. The van der Waals surface area contributed by atoms with E-state index in [1.807, 2.05) is 51.1 Å². The van der Waals surface area contributed by atoms with Gasteiger partial charge >= 0.3 is 6.03 Å². The first-order valence-corrected chi connectivity index (χ1v) is 8.43. The van der Waals surface area contributed by atoms with Crippen molar-refractivity contribution in [1.29, 1.82) is 0 Å². The Morgan fingerprint density at radius 2 is 1.92 bits per heavy atom. The highest BCUT2D eigenvalue weighted by Gasteiger charge is 2.51. The Hall–Kier alpha value is -2.37. The second-order valence-electron chi connectivity index (χ2n) is 6.20. The summed E-state index contributed by atoms with van der Waals surface area (Å²) in [5, 5.41) is 5.60. The van der Waals surface area contributed by atoms with Crippen LogP contribution in [0, 0.1) is 0 Å². The molecule has 1 aliphatic rings. The molecular weight excluding hydrogens is 306 g/mol. The van der Waals surface area contributed by atoms with Crippen LogP contribution in [0.2, 0.25) is 0 Å². The molecule has 1 aliphatic heterocycles. The standard InChI is InChI=1S/C18H25N3O3/c1-4-9-13(3)19-15(22)12-21-16(23)18(5-2,20-17(21)24)14-10-7-6-8-11-14/h6-8,10-11,13H,4-5,9,12H2,1-3H3,(H,19,22)(H,20,24)/t13-,18-/m1/s1. The van der Waals surface area contributed by atoms with E-state index in [2.05, 4.69) is 10.6 Å². The monoisotopic (exact) mass is 331 g/mol. The first kappa shape index (κ1) is 18.0. The van der Waals surface area contributed by atoms with Gasteiger partial charge in [-0.2, -0.15) is 0 Å². The first-order valence-electron chi connectivity index (χ1n) is 8.43. The van der Waals surface area contributed by atoms with E-state index in [1.165, 1.54) is 0 Å². The van der Waals surface area contributed by atoms with E-state index in [0.29, 0.717) is 6.42 Å². The van der Waals surface area contributed by atoms with E-state index in [-0.39, 0.29) is 24.4 Å². The van der Waals surface area contributed by atoms with Crippen molar-refractivity contribution >= 4 is 17.8 Å². The lowest BCUT2D eigenvalue weighted by Gasteiger charge is -2.25. The first-order chi connectivity index (χ1) is 11.4. The van der Waals surface area contributed by atoms with E-state index in [0.717, 1.165) is 23.3 Å². The number of nitrogens with one attached hydrogen (secondary N) is 2. The molecule has 6 heteroatoms. The van der Waals surface area contributed by atoms with Gasteiger partial charge in [-0.05, 0) is 25.3 Å². The Morgan fingerprint density at radius 1 is 1.25 bits per heavy atom. The normalized spacial score (nSPS) is 21.5. The van der Waals surface area contributed by atoms with Crippen LogP contribution in [-0.4, -0.2) is 35.3 Å². The SMILES string of the molecule is CCC[C@@H](C)NC(=O)CN1C(=O)N[C@](CC)(c2ccccc2)C1=O. The summed E-state index contributed by atoms with van der Waals surface area (Å²) in [5.41, 5.74) is -0.360. The van der Waals surface area contributed by atoms with E-state index in [9.17, 15) is 14.4 Å². The number of amides is 4. The van der Waals surface area contributed by atoms with Crippen molar-refractivity contribution in [1.82, 2.24) is 15.5 Å². The van der Waals surface area contributed by atoms with Gasteiger partial charge in [-0.15, -0.1) is 0 Å². The van der Waals surface area contributed by atoms with E-state index < -0.39 is 11.6 Å². The lowest BCUT2D eigenvalue weighted by atomic mass is 9.87. The van der Waals surface area contributed by atoms with Gasteiger partial charge in [-0.3, -0.25) is 14.5 Å². The highest BCUT2D eigenvalue weighted by atomic mass is 16.2. The summed E-state index contributed by atoms with van der Waals surface area (Å²) >= 11 is 0. The van der Waals surface area contributed by atoms with Crippen LogP contribution >= 0.6 is 0 Å². The van der Waals surface area contributed by atoms with Gasteiger partial charge < -0.3 is 10.6 Å². The fourth-order valence-corrected chi connectivity index (χ4v) is 3.10. The number of carbonyl (C=O) groups is 3. The molecular formula is C18H25N3O3. The number of nitrogens with zero attached hydrogens (tertiary/aromatic N) is 1. The molecule has 2 rings (SSSR count). The molecule has 0 aromatic heterocycles. The van der Waals surface area contributed by atoms with Crippen molar-refractivity contribution in [2.45, 2.75) is 51.6 Å². The highest BCUT2D eigenvalue weighted by Crippen LogP contribution is 2.32. The molecule has 24 heavy (non-hydrogen) atoms. The smallest absolute Gasteiger partial charge is 0.325 e. The molecule has 2 atom stereocenters. The Labute approximate surface area is 142 Å². The molecule has 6 nitrogen and oxygen atoms in total. The van der Waals surface area contributed by atoms with Crippen LogP contribution in [0.15, 0.2) is 30.3 Å². The molecule has 0 spiro atoms. The quantitative estimate of drug-likeness (QED) is 0.752. The van der Waals surface area contributed by atoms with Crippen LogP contribution in [0.1, 0.15) is 45.6 Å². The molecule has 0 bridgehead atoms. The minimum atomic E-state index is -1.09. The molecule has 4 amide bonds. The van der Waals surface area contributed by atoms with Gasteiger partial charge in [0, 0.05) is 6.04 Å². The van der Waals surface area contributed by atoms with Gasteiger partial charge in [-0.25, -0.2) is 4.79 Å². The highest BCUT2D eigenvalue weighted by molar-refractivity contribution is 6.09. The van der Waals surface area contributed by atoms with Crippen molar-refractivity contribution in [2.75, 3.05) is 6.54 Å². The summed E-state index contributed by atoms with van der Waals surface area (Å²) in [4.78, 5) is 38.3. The summed E-state index contributed by atoms with van der Waals surface area (Å²) in [5.74, 6) is -0.695. The number of carbonyl (C=O) groups excluding carboxylic acids is 3. The van der Waals surface area contributed by atoms with Gasteiger partial charge in [0.05, 0.1) is 0 Å². The summed E-state index contributed by atoms with van der Waals surface area (Å²) in [6.07, 6.45) is 2.23.